The standard InChI is InChI=1S/C14H17N3O3S/c1-14(2,13(16)19)17-12(18)11-10(15)9-7(20-3)5-4-6-8(9)21-11/h4-6H,15H2,1-3H3,(H2,16,19)(H,17,18). The second-order valence-corrected chi connectivity index (χ2v) is 6.17. The van der Waals surface area contributed by atoms with Gasteiger partial charge in [0, 0.05) is 4.70 Å². The molecule has 2 amide bonds. The first kappa shape index (κ1) is 15.1. The molecule has 1 aromatic heterocycles. The van der Waals surface area contributed by atoms with Crippen LogP contribution in [0.1, 0.15) is 23.5 Å². The zero-order valence-corrected chi connectivity index (χ0v) is 12.8. The molecule has 0 radical (unpaired) electrons. The highest BCUT2D eigenvalue weighted by molar-refractivity contribution is 7.21. The summed E-state index contributed by atoms with van der Waals surface area (Å²) in [6, 6.07) is 5.46. The van der Waals surface area contributed by atoms with Crippen molar-refractivity contribution in [2.45, 2.75) is 19.4 Å². The van der Waals surface area contributed by atoms with Crippen LogP contribution in [0.4, 0.5) is 5.69 Å². The molecule has 6 nitrogen and oxygen atoms in total. The lowest BCUT2D eigenvalue weighted by Crippen LogP contribution is -2.52. The topological polar surface area (TPSA) is 107 Å². The van der Waals surface area contributed by atoms with E-state index in [1.54, 1.807) is 13.2 Å². The summed E-state index contributed by atoms with van der Waals surface area (Å²) in [6.45, 7) is 3.08. The van der Waals surface area contributed by atoms with Crippen LogP contribution in [0, 0.1) is 0 Å². The van der Waals surface area contributed by atoms with Crippen molar-refractivity contribution in [1.82, 2.24) is 5.32 Å². The van der Waals surface area contributed by atoms with E-state index in [0.29, 0.717) is 21.7 Å². The van der Waals surface area contributed by atoms with E-state index in [1.165, 1.54) is 25.2 Å². The second-order valence-electron chi connectivity index (χ2n) is 5.12. The fraction of sp³-hybridized carbons (Fsp3) is 0.286. The Hall–Kier alpha value is -2.28. The van der Waals surface area contributed by atoms with Gasteiger partial charge in [0.2, 0.25) is 5.91 Å². The van der Waals surface area contributed by atoms with E-state index in [0.717, 1.165) is 4.70 Å². The normalized spacial score (nSPS) is 11.4. The van der Waals surface area contributed by atoms with Crippen molar-refractivity contribution in [3.8, 4) is 5.75 Å². The lowest BCUT2D eigenvalue weighted by atomic mass is 10.1. The molecule has 0 aliphatic heterocycles. The number of methoxy groups -OCH3 is 1. The van der Waals surface area contributed by atoms with Gasteiger partial charge in [0.25, 0.3) is 5.91 Å². The van der Waals surface area contributed by atoms with Gasteiger partial charge in [-0.3, -0.25) is 9.59 Å². The third-order valence-corrected chi connectivity index (χ3v) is 4.35. The Bertz CT molecular complexity index is 722. The molecule has 2 rings (SSSR count). The number of carbonyl (C=O) groups is 2. The zero-order valence-electron chi connectivity index (χ0n) is 12.0. The third kappa shape index (κ3) is 2.64. The van der Waals surface area contributed by atoms with Crippen LogP contribution in [-0.4, -0.2) is 24.5 Å². The van der Waals surface area contributed by atoms with Gasteiger partial charge in [-0.25, -0.2) is 0 Å². The van der Waals surface area contributed by atoms with E-state index in [9.17, 15) is 9.59 Å². The van der Waals surface area contributed by atoms with Crippen molar-refractivity contribution in [2.24, 2.45) is 5.73 Å². The zero-order chi connectivity index (χ0) is 15.8. The van der Waals surface area contributed by atoms with Crippen LogP contribution in [0.2, 0.25) is 0 Å². The first-order chi connectivity index (χ1) is 9.77. The number of benzene rings is 1. The highest BCUT2D eigenvalue weighted by Crippen LogP contribution is 2.39. The van der Waals surface area contributed by atoms with E-state index >= 15 is 0 Å². The van der Waals surface area contributed by atoms with Crippen molar-refractivity contribution >= 4 is 38.9 Å². The number of fused-ring (bicyclic) bond motifs is 1. The number of anilines is 1. The molecular weight excluding hydrogens is 290 g/mol. The summed E-state index contributed by atoms with van der Waals surface area (Å²) >= 11 is 1.24. The number of nitrogens with one attached hydrogen (secondary N) is 1. The largest absolute Gasteiger partial charge is 0.496 e. The Morgan fingerprint density at radius 3 is 2.57 bits per heavy atom. The second kappa shape index (κ2) is 5.25. The van der Waals surface area contributed by atoms with Gasteiger partial charge >= 0.3 is 0 Å². The average Bonchev–Trinajstić information content (AvgIpc) is 2.76. The summed E-state index contributed by atoms with van der Waals surface area (Å²) in [7, 11) is 1.54. The van der Waals surface area contributed by atoms with Gasteiger partial charge in [-0.05, 0) is 26.0 Å². The van der Waals surface area contributed by atoms with Gasteiger partial charge in [-0.1, -0.05) is 6.07 Å². The molecule has 5 N–H and O–H groups in total. The maximum Gasteiger partial charge on any atom is 0.264 e. The summed E-state index contributed by atoms with van der Waals surface area (Å²) in [6.07, 6.45) is 0. The molecule has 0 saturated carbocycles. The molecule has 1 aromatic carbocycles. The van der Waals surface area contributed by atoms with E-state index in [1.807, 2.05) is 12.1 Å². The SMILES string of the molecule is COc1cccc2sc(C(=O)NC(C)(C)C(N)=O)c(N)c12. The van der Waals surface area contributed by atoms with Crippen LogP contribution in [0.25, 0.3) is 10.1 Å². The van der Waals surface area contributed by atoms with E-state index < -0.39 is 17.4 Å². The number of nitrogen functional groups attached to an aromatic ring is 1. The molecule has 0 atom stereocenters. The molecule has 0 unspecified atom stereocenters. The summed E-state index contributed by atoms with van der Waals surface area (Å²) in [5.74, 6) is -0.442. The predicted octanol–water partition coefficient (Wildman–Crippen LogP) is 1.49. The van der Waals surface area contributed by atoms with Crippen molar-refractivity contribution in [3.05, 3.63) is 23.1 Å². The van der Waals surface area contributed by atoms with Crippen LogP contribution in [-0.2, 0) is 4.79 Å². The molecule has 0 saturated heterocycles. The van der Waals surface area contributed by atoms with Crippen LogP contribution in [0.3, 0.4) is 0 Å². The van der Waals surface area contributed by atoms with Gasteiger partial charge in [0.05, 0.1) is 18.2 Å². The van der Waals surface area contributed by atoms with Crippen LogP contribution in [0.15, 0.2) is 18.2 Å². The minimum atomic E-state index is -1.15. The van der Waals surface area contributed by atoms with Crippen molar-refractivity contribution in [2.75, 3.05) is 12.8 Å². The molecule has 0 fully saturated rings. The number of hydrogen-bond donors (Lipinski definition) is 3. The summed E-state index contributed by atoms with van der Waals surface area (Å²) in [4.78, 5) is 24.0. The molecule has 112 valence electrons. The van der Waals surface area contributed by atoms with E-state index in [4.69, 9.17) is 16.2 Å². The Morgan fingerprint density at radius 1 is 1.33 bits per heavy atom. The van der Waals surface area contributed by atoms with Gasteiger partial charge in [0.15, 0.2) is 0 Å². The number of thiophene rings is 1. The molecule has 21 heavy (non-hydrogen) atoms. The van der Waals surface area contributed by atoms with Gasteiger partial charge in [-0.2, -0.15) is 0 Å². The molecule has 1 heterocycles. The van der Waals surface area contributed by atoms with Crippen molar-refractivity contribution < 1.29 is 14.3 Å². The Kier molecular flexibility index (Phi) is 3.78. The molecule has 0 aliphatic carbocycles. The van der Waals surface area contributed by atoms with Crippen LogP contribution < -0.4 is 21.5 Å². The number of amides is 2. The van der Waals surface area contributed by atoms with Crippen LogP contribution in [0.5, 0.6) is 5.75 Å². The number of primary amides is 1. The molecule has 0 bridgehead atoms. The number of rotatable bonds is 4. The smallest absolute Gasteiger partial charge is 0.264 e. The van der Waals surface area contributed by atoms with Crippen LogP contribution >= 0.6 is 11.3 Å². The summed E-state index contributed by atoms with van der Waals surface area (Å²) in [5.41, 5.74) is 10.5. The molecule has 7 heteroatoms. The Balaban J connectivity index is 2.46. The number of carbonyl (C=O) groups excluding carboxylic acids is 2. The molecule has 0 aliphatic rings. The van der Waals surface area contributed by atoms with Gasteiger partial charge < -0.3 is 21.5 Å². The lowest BCUT2D eigenvalue weighted by Gasteiger charge is -2.21. The Morgan fingerprint density at radius 2 is 2.00 bits per heavy atom. The number of hydrogen-bond acceptors (Lipinski definition) is 5. The molecular formula is C14H17N3O3S. The Labute approximate surface area is 126 Å². The van der Waals surface area contributed by atoms with Crippen molar-refractivity contribution in [1.29, 1.82) is 0 Å². The fourth-order valence-corrected chi connectivity index (χ4v) is 2.92. The lowest BCUT2D eigenvalue weighted by molar-refractivity contribution is -0.122. The third-order valence-electron chi connectivity index (χ3n) is 3.18. The van der Waals surface area contributed by atoms with Crippen molar-refractivity contribution in [3.63, 3.8) is 0 Å². The maximum absolute atomic E-state index is 12.3. The molecule has 2 aromatic rings. The minimum Gasteiger partial charge on any atom is -0.496 e. The predicted molar refractivity (Wildman–Crippen MR) is 83.5 cm³/mol. The summed E-state index contributed by atoms with van der Waals surface area (Å²) in [5, 5.41) is 3.29. The average molecular weight is 307 g/mol. The first-order valence-electron chi connectivity index (χ1n) is 6.25. The minimum absolute atomic E-state index is 0.337. The quantitative estimate of drug-likeness (QED) is 0.795. The van der Waals surface area contributed by atoms with Gasteiger partial charge in [-0.15, -0.1) is 11.3 Å². The maximum atomic E-state index is 12.3. The monoisotopic (exact) mass is 307 g/mol. The first-order valence-corrected chi connectivity index (χ1v) is 7.07. The fourth-order valence-electron chi connectivity index (χ4n) is 1.88. The highest BCUT2D eigenvalue weighted by Gasteiger charge is 2.29. The van der Waals surface area contributed by atoms with Gasteiger partial charge in [0.1, 0.15) is 16.2 Å². The number of nitrogens with two attached hydrogens (primary N) is 2. The highest BCUT2D eigenvalue weighted by atomic mass is 32.1. The molecule has 0 spiro atoms. The number of ether oxygens (including phenoxy) is 1. The summed E-state index contributed by atoms with van der Waals surface area (Å²) < 4.78 is 6.10. The van der Waals surface area contributed by atoms with E-state index in [-0.39, 0.29) is 0 Å². The van der Waals surface area contributed by atoms with E-state index in [2.05, 4.69) is 5.32 Å².